The van der Waals surface area contributed by atoms with Crippen molar-refractivity contribution in [2.45, 2.75) is 79.7 Å². The maximum absolute atomic E-state index is 13.6. The summed E-state index contributed by atoms with van der Waals surface area (Å²) in [5.74, 6) is -4.72. The fourth-order valence-electron chi connectivity index (χ4n) is 5.27. The number of likely N-dealkylation sites (tertiary alicyclic amines) is 1. The molecule has 2 N–H and O–H groups in total. The lowest BCUT2D eigenvalue weighted by atomic mass is 9.85. The van der Waals surface area contributed by atoms with Gasteiger partial charge in [-0.3, -0.25) is 19.2 Å². The molecule has 3 amide bonds. The zero-order chi connectivity index (χ0) is 26.6. The fraction of sp³-hybridized carbons (Fsp3) is 0.826. The zero-order valence-corrected chi connectivity index (χ0v) is 21.6. The summed E-state index contributed by atoms with van der Waals surface area (Å²) in [5, 5.41) is 4.54. The van der Waals surface area contributed by atoms with Crippen LogP contribution < -0.4 is 10.6 Å². The first-order valence-corrected chi connectivity index (χ1v) is 11.8. The molecule has 11 heteroatoms. The molecule has 1 heterocycles. The summed E-state index contributed by atoms with van der Waals surface area (Å²) in [6.07, 6.45) is -5.16. The van der Waals surface area contributed by atoms with Crippen LogP contribution >= 0.6 is 11.6 Å². The molecule has 1 aliphatic carbocycles. The molecule has 0 spiro atoms. The first-order valence-electron chi connectivity index (χ1n) is 11.3. The molecule has 0 radical (unpaired) electrons. The number of nitrogens with zero attached hydrogens (tertiary/aromatic N) is 1. The Kier molecular flexibility index (Phi) is 7.51. The van der Waals surface area contributed by atoms with Gasteiger partial charge in [-0.05, 0) is 22.2 Å². The van der Waals surface area contributed by atoms with E-state index in [4.69, 9.17) is 11.6 Å². The predicted molar refractivity (Wildman–Crippen MR) is 121 cm³/mol. The molecule has 7 nitrogen and oxygen atoms in total. The molecular weight excluding hydrogens is 475 g/mol. The maximum Gasteiger partial charge on any atom is 0.471 e. The van der Waals surface area contributed by atoms with Crippen LogP contribution in [0.3, 0.4) is 0 Å². The fourth-order valence-corrected chi connectivity index (χ4v) is 5.44. The van der Waals surface area contributed by atoms with Gasteiger partial charge in [0, 0.05) is 12.5 Å². The molecule has 0 aromatic carbocycles. The van der Waals surface area contributed by atoms with Crippen LogP contribution in [0.4, 0.5) is 13.2 Å². The number of amides is 3. The molecule has 2 rings (SSSR count). The van der Waals surface area contributed by atoms with Gasteiger partial charge in [0.2, 0.25) is 11.8 Å². The number of ketones is 1. The minimum absolute atomic E-state index is 0.145. The van der Waals surface area contributed by atoms with Crippen LogP contribution in [-0.2, 0) is 19.2 Å². The summed E-state index contributed by atoms with van der Waals surface area (Å²) in [6, 6.07) is -3.37. The molecule has 194 valence electrons. The van der Waals surface area contributed by atoms with E-state index in [1.165, 1.54) is 25.7 Å². The summed E-state index contributed by atoms with van der Waals surface area (Å²) in [5.41, 5.74) is -1.80. The normalized spacial score (nSPS) is 27.6. The molecule has 5 atom stereocenters. The van der Waals surface area contributed by atoms with Crippen LogP contribution in [0, 0.1) is 28.1 Å². The van der Waals surface area contributed by atoms with Crippen LogP contribution in [-0.4, -0.2) is 65.1 Å². The number of hydrogen-bond donors (Lipinski definition) is 2. The lowest BCUT2D eigenvalue weighted by Gasteiger charge is -2.38. The van der Waals surface area contributed by atoms with Crippen LogP contribution in [0.2, 0.25) is 0 Å². The Hall–Kier alpha value is -1.84. The number of fused-ring (bicyclic) bond motifs is 1. The molecule has 1 saturated heterocycles. The van der Waals surface area contributed by atoms with Gasteiger partial charge in [0.1, 0.15) is 12.1 Å². The number of alkyl halides is 4. The van der Waals surface area contributed by atoms with Gasteiger partial charge in [-0.2, -0.15) is 13.2 Å². The standard InChI is InChI=1S/C23H35ClF3N3O4/c1-11(2)13(12(31)9-24)28-17(32)14-15-21(6,7)22(15,8)10-30(14)18(33)16(20(3,4)5)29-19(34)23(25,26)27/h11,13-16H,9-10H2,1-8H3,(H,28,32)(H,29,34)/t13?,14-,15-,16+,22-/m0/s1. The zero-order valence-electron chi connectivity index (χ0n) is 20.9. The van der Waals surface area contributed by atoms with E-state index in [1.807, 2.05) is 26.1 Å². The van der Waals surface area contributed by atoms with Crippen molar-refractivity contribution < 1.29 is 32.3 Å². The van der Waals surface area contributed by atoms with Gasteiger partial charge in [0.05, 0.1) is 11.9 Å². The van der Waals surface area contributed by atoms with Gasteiger partial charge in [0.25, 0.3) is 0 Å². The number of nitrogens with one attached hydrogen (secondary N) is 2. The van der Waals surface area contributed by atoms with E-state index >= 15 is 0 Å². The molecular formula is C23H35ClF3N3O4. The molecule has 1 unspecified atom stereocenters. The molecule has 1 aliphatic heterocycles. The molecule has 2 aliphatic rings. The highest BCUT2D eigenvalue weighted by Crippen LogP contribution is 2.74. The second kappa shape index (κ2) is 8.99. The number of halogens is 4. The number of piperidine rings is 1. The number of hydrogen-bond acceptors (Lipinski definition) is 4. The van der Waals surface area contributed by atoms with Gasteiger partial charge in [-0.25, -0.2) is 0 Å². The average molecular weight is 510 g/mol. The maximum atomic E-state index is 13.6. The Morgan fingerprint density at radius 2 is 1.59 bits per heavy atom. The third-order valence-electron chi connectivity index (χ3n) is 7.64. The molecule has 0 bridgehead atoms. The second-order valence-corrected chi connectivity index (χ2v) is 11.9. The molecule has 34 heavy (non-hydrogen) atoms. The smallest absolute Gasteiger partial charge is 0.344 e. The second-order valence-electron chi connectivity index (χ2n) is 11.6. The predicted octanol–water partition coefficient (Wildman–Crippen LogP) is 2.90. The minimum atomic E-state index is -5.16. The third kappa shape index (κ3) is 4.93. The SMILES string of the molecule is CC(C)C(NC(=O)[C@@H]1[C@H]2C(C)(C)[C@@]2(C)CN1C(=O)[C@@H](NC(=O)C(F)(F)F)C(C)(C)C)C(=O)CCl. The Bertz CT molecular complexity index is 869. The van der Waals surface area contributed by atoms with Crippen LogP contribution in [0.5, 0.6) is 0 Å². The van der Waals surface area contributed by atoms with Gasteiger partial charge in [0.15, 0.2) is 5.78 Å². The minimum Gasteiger partial charge on any atom is -0.344 e. The van der Waals surface area contributed by atoms with E-state index in [1.54, 1.807) is 13.8 Å². The molecule has 0 aromatic rings. The summed E-state index contributed by atoms with van der Waals surface area (Å²) < 4.78 is 38.9. The summed E-state index contributed by atoms with van der Waals surface area (Å²) >= 11 is 5.70. The Morgan fingerprint density at radius 3 is 2.00 bits per heavy atom. The van der Waals surface area contributed by atoms with Crippen LogP contribution in [0.15, 0.2) is 0 Å². The van der Waals surface area contributed by atoms with Gasteiger partial charge < -0.3 is 15.5 Å². The highest BCUT2D eigenvalue weighted by atomic mass is 35.5. The van der Waals surface area contributed by atoms with E-state index in [9.17, 15) is 32.3 Å². The number of Topliss-reactive ketones (excluding diaryl/α,β-unsaturated/α-hetero) is 1. The van der Waals surface area contributed by atoms with Crippen molar-refractivity contribution in [1.82, 2.24) is 15.5 Å². The molecule has 1 saturated carbocycles. The van der Waals surface area contributed by atoms with Crippen molar-refractivity contribution in [3.8, 4) is 0 Å². The first-order chi connectivity index (χ1) is 15.2. The largest absolute Gasteiger partial charge is 0.471 e. The number of carbonyl (C=O) groups is 4. The van der Waals surface area contributed by atoms with Gasteiger partial charge in [-0.1, -0.05) is 55.4 Å². The van der Waals surface area contributed by atoms with E-state index < -0.39 is 52.9 Å². The van der Waals surface area contributed by atoms with Crippen LogP contribution in [0.25, 0.3) is 0 Å². The van der Waals surface area contributed by atoms with Crippen molar-refractivity contribution in [3.63, 3.8) is 0 Å². The number of carbonyl (C=O) groups excluding carboxylic acids is 4. The number of rotatable bonds is 7. The van der Waals surface area contributed by atoms with Crippen LogP contribution in [0.1, 0.15) is 55.4 Å². The van der Waals surface area contributed by atoms with Crippen molar-refractivity contribution in [3.05, 3.63) is 0 Å². The van der Waals surface area contributed by atoms with E-state index in [-0.39, 0.29) is 35.5 Å². The summed E-state index contributed by atoms with van der Waals surface area (Å²) in [4.78, 5) is 52.3. The molecule has 2 fully saturated rings. The lowest BCUT2D eigenvalue weighted by Crippen LogP contribution is -2.61. The van der Waals surface area contributed by atoms with Crippen molar-refractivity contribution >= 4 is 35.1 Å². The van der Waals surface area contributed by atoms with Crippen molar-refractivity contribution in [2.24, 2.45) is 28.1 Å². The lowest BCUT2D eigenvalue weighted by molar-refractivity contribution is -0.176. The topological polar surface area (TPSA) is 95.6 Å². The van der Waals surface area contributed by atoms with Crippen molar-refractivity contribution in [1.29, 1.82) is 0 Å². The van der Waals surface area contributed by atoms with Gasteiger partial charge in [-0.15, -0.1) is 11.6 Å². The Balaban J connectivity index is 2.41. The Labute approximate surface area is 203 Å². The Morgan fingerprint density at radius 1 is 1.06 bits per heavy atom. The quantitative estimate of drug-likeness (QED) is 0.516. The monoisotopic (exact) mass is 509 g/mol. The summed E-state index contributed by atoms with van der Waals surface area (Å²) in [6.45, 7) is 14.1. The first kappa shape index (κ1) is 28.4. The third-order valence-corrected chi connectivity index (χ3v) is 7.91. The highest BCUT2D eigenvalue weighted by molar-refractivity contribution is 6.28. The summed E-state index contributed by atoms with van der Waals surface area (Å²) in [7, 11) is 0. The highest BCUT2D eigenvalue weighted by Gasteiger charge is 2.77. The average Bonchev–Trinajstić information content (AvgIpc) is 2.96. The van der Waals surface area contributed by atoms with E-state index in [2.05, 4.69) is 5.32 Å². The van der Waals surface area contributed by atoms with E-state index in [0.717, 1.165) is 0 Å². The van der Waals surface area contributed by atoms with Gasteiger partial charge >= 0.3 is 12.1 Å². The molecule has 0 aromatic heterocycles. The van der Waals surface area contributed by atoms with E-state index in [0.29, 0.717) is 0 Å². The van der Waals surface area contributed by atoms with Crippen molar-refractivity contribution in [2.75, 3.05) is 12.4 Å².